The van der Waals surface area contributed by atoms with Crippen molar-refractivity contribution in [2.45, 2.75) is 19.8 Å². The molecule has 2 rings (SSSR count). The molecule has 0 aliphatic carbocycles. The van der Waals surface area contributed by atoms with Crippen LogP contribution in [0.15, 0.2) is 36.9 Å². The molecular formula is C14H17N3O3. The quantitative estimate of drug-likeness (QED) is 0.776. The van der Waals surface area contributed by atoms with E-state index in [4.69, 9.17) is 9.47 Å². The van der Waals surface area contributed by atoms with Crippen molar-refractivity contribution < 1.29 is 14.6 Å². The summed E-state index contributed by atoms with van der Waals surface area (Å²) in [6.45, 7) is 4.25. The molecule has 0 aliphatic rings. The Bertz CT molecular complexity index is 581. The largest absolute Gasteiger partial charge is 0.493 e. The summed E-state index contributed by atoms with van der Waals surface area (Å²) < 4.78 is 12.6. The molecule has 0 bridgehead atoms. The first-order valence-electron chi connectivity index (χ1n) is 6.19. The van der Waals surface area contributed by atoms with Crippen LogP contribution in [0.2, 0.25) is 0 Å². The molecular weight excluding hydrogens is 258 g/mol. The third kappa shape index (κ3) is 2.97. The number of aromatic nitrogens is 3. The van der Waals surface area contributed by atoms with E-state index in [2.05, 4.69) is 16.9 Å². The van der Waals surface area contributed by atoms with Gasteiger partial charge in [0.25, 0.3) is 0 Å². The van der Waals surface area contributed by atoms with E-state index in [9.17, 15) is 5.11 Å². The van der Waals surface area contributed by atoms with Crippen molar-refractivity contribution in [3.05, 3.63) is 48.3 Å². The fourth-order valence-electron chi connectivity index (χ4n) is 1.80. The Labute approximate surface area is 117 Å². The maximum atomic E-state index is 9.28. The molecule has 106 valence electrons. The summed E-state index contributed by atoms with van der Waals surface area (Å²) in [7, 11) is 1.59. The average Bonchev–Trinajstić information content (AvgIpc) is 2.88. The van der Waals surface area contributed by atoms with Gasteiger partial charge < -0.3 is 14.6 Å². The highest BCUT2D eigenvalue weighted by Crippen LogP contribution is 2.26. The lowest BCUT2D eigenvalue weighted by atomic mass is 10.3. The first-order valence-corrected chi connectivity index (χ1v) is 6.19. The van der Waals surface area contributed by atoms with Crippen LogP contribution < -0.4 is 9.47 Å². The predicted octanol–water partition coefficient (Wildman–Crippen LogP) is 1.54. The second kappa shape index (κ2) is 6.72. The second-order valence-corrected chi connectivity index (χ2v) is 4.05. The summed E-state index contributed by atoms with van der Waals surface area (Å²) in [5.41, 5.74) is 1.22. The van der Waals surface area contributed by atoms with Crippen LogP contribution in [-0.4, -0.2) is 27.2 Å². The normalized spacial score (nSPS) is 10.3. The maximum Gasteiger partial charge on any atom is 0.161 e. The van der Waals surface area contributed by atoms with Gasteiger partial charge in [0.2, 0.25) is 0 Å². The number of rotatable bonds is 7. The lowest BCUT2D eigenvalue weighted by molar-refractivity contribution is 0.256. The standard InChI is InChI=1S/C14H17N3O3/c1-3-8-17-12(11(9-18)15-16-17)10-20-14-7-5-4-6-13(14)19-2/h3-7,18H,1,8-10H2,2H3. The van der Waals surface area contributed by atoms with Crippen molar-refractivity contribution >= 4 is 0 Å². The zero-order valence-corrected chi connectivity index (χ0v) is 11.3. The third-order valence-corrected chi connectivity index (χ3v) is 2.80. The highest BCUT2D eigenvalue weighted by atomic mass is 16.5. The van der Waals surface area contributed by atoms with Crippen molar-refractivity contribution in [2.24, 2.45) is 0 Å². The van der Waals surface area contributed by atoms with Gasteiger partial charge in [-0.2, -0.15) is 0 Å². The van der Waals surface area contributed by atoms with Crippen LogP contribution in [0.25, 0.3) is 0 Å². The highest BCUT2D eigenvalue weighted by Gasteiger charge is 2.13. The minimum atomic E-state index is -0.179. The smallest absolute Gasteiger partial charge is 0.161 e. The minimum Gasteiger partial charge on any atom is -0.493 e. The van der Waals surface area contributed by atoms with Gasteiger partial charge in [-0.25, -0.2) is 4.68 Å². The lowest BCUT2D eigenvalue weighted by Gasteiger charge is -2.11. The molecule has 20 heavy (non-hydrogen) atoms. The molecule has 1 aromatic heterocycles. The Balaban J connectivity index is 2.17. The maximum absolute atomic E-state index is 9.28. The lowest BCUT2D eigenvalue weighted by Crippen LogP contribution is -2.09. The minimum absolute atomic E-state index is 0.179. The number of para-hydroxylation sites is 2. The molecule has 6 nitrogen and oxygen atoms in total. The van der Waals surface area contributed by atoms with Crippen LogP contribution in [0, 0.1) is 0 Å². The van der Waals surface area contributed by atoms with Crippen molar-refractivity contribution in [3.8, 4) is 11.5 Å². The predicted molar refractivity (Wildman–Crippen MR) is 73.5 cm³/mol. The van der Waals surface area contributed by atoms with Crippen LogP contribution >= 0.6 is 0 Å². The van der Waals surface area contributed by atoms with Gasteiger partial charge in [0.05, 0.1) is 20.3 Å². The Morgan fingerprint density at radius 3 is 2.75 bits per heavy atom. The van der Waals surface area contributed by atoms with Crippen LogP contribution in [0.3, 0.4) is 0 Å². The Morgan fingerprint density at radius 2 is 2.10 bits per heavy atom. The van der Waals surface area contributed by atoms with Crippen molar-refractivity contribution in [2.75, 3.05) is 7.11 Å². The Hall–Kier alpha value is -2.34. The summed E-state index contributed by atoms with van der Waals surface area (Å²) in [6, 6.07) is 7.37. The molecule has 0 saturated carbocycles. The number of benzene rings is 1. The molecule has 0 saturated heterocycles. The molecule has 0 fully saturated rings. The van der Waals surface area contributed by atoms with Gasteiger partial charge in [-0.05, 0) is 12.1 Å². The van der Waals surface area contributed by atoms with E-state index >= 15 is 0 Å². The van der Waals surface area contributed by atoms with Gasteiger partial charge >= 0.3 is 0 Å². The zero-order chi connectivity index (χ0) is 14.4. The van der Waals surface area contributed by atoms with Crippen molar-refractivity contribution in [1.82, 2.24) is 15.0 Å². The molecule has 0 radical (unpaired) electrons. The van der Waals surface area contributed by atoms with Crippen LogP contribution in [0.5, 0.6) is 11.5 Å². The molecule has 1 heterocycles. The van der Waals surface area contributed by atoms with Crippen LogP contribution in [0.4, 0.5) is 0 Å². The van der Waals surface area contributed by atoms with E-state index in [-0.39, 0.29) is 13.2 Å². The van der Waals surface area contributed by atoms with Gasteiger partial charge in [-0.3, -0.25) is 0 Å². The van der Waals surface area contributed by atoms with E-state index in [1.165, 1.54) is 0 Å². The van der Waals surface area contributed by atoms with E-state index in [1.54, 1.807) is 17.9 Å². The number of aliphatic hydroxyl groups is 1. The number of ether oxygens (including phenoxy) is 2. The van der Waals surface area contributed by atoms with Gasteiger partial charge in [-0.15, -0.1) is 11.7 Å². The Kier molecular flexibility index (Phi) is 4.73. The highest BCUT2D eigenvalue weighted by molar-refractivity contribution is 5.39. The molecule has 0 aliphatic heterocycles. The Morgan fingerprint density at radius 1 is 1.35 bits per heavy atom. The van der Waals surface area contributed by atoms with E-state index in [1.807, 2.05) is 24.3 Å². The molecule has 0 unspecified atom stereocenters. The SMILES string of the molecule is C=CCn1nnc(CO)c1COc1ccccc1OC. The van der Waals surface area contributed by atoms with Crippen LogP contribution in [-0.2, 0) is 19.8 Å². The van der Waals surface area contributed by atoms with Crippen molar-refractivity contribution in [1.29, 1.82) is 0 Å². The number of methoxy groups -OCH3 is 1. The number of nitrogens with zero attached hydrogens (tertiary/aromatic N) is 3. The van der Waals surface area contributed by atoms with Crippen molar-refractivity contribution in [3.63, 3.8) is 0 Å². The molecule has 1 N–H and O–H groups in total. The monoisotopic (exact) mass is 275 g/mol. The molecule has 6 heteroatoms. The van der Waals surface area contributed by atoms with Crippen LogP contribution in [0.1, 0.15) is 11.4 Å². The fourth-order valence-corrected chi connectivity index (χ4v) is 1.80. The molecule has 2 aromatic rings. The van der Waals surface area contributed by atoms with Gasteiger partial charge in [-0.1, -0.05) is 23.4 Å². The number of allylic oxidation sites excluding steroid dienone is 1. The second-order valence-electron chi connectivity index (χ2n) is 4.05. The summed E-state index contributed by atoms with van der Waals surface area (Å²) in [5, 5.41) is 17.1. The van der Waals surface area contributed by atoms with E-state index in [0.717, 1.165) is 5.69 Å². The van der Waals surface area contributed by atoms with Gasteiger partial charge in [0.15, 0.2) is 11.5 Å². The summed E-state index contributed by atoms with van der Waals surface area (Å²) in [4.78, 5) is 0. The number of hydrogen-bond donors (Lipinski definition) is 1. The first-order chi connectivity index (χ1) is 9.80. The van der Waals surface area contributed by atoms with Gasteiger partial charge in [0.1, 0.15) is 18.0 Å². The summed E-state index contributed by atoms with van der Waals surface area (Å²) in [5.74, 6) is 1.28. The molecule has 0 spiro atoms. The zero-order valence-electron chi connectivity index (χ0n) is 11.3. The van der Waals surface area contributed by atoms with E-state index in [0.29, 0.717) is 23.7 Å². The molecule has 0 amide bonds. The summed E-state index contributed by atoms with van der Waals surface area (Å²) >= 11 is 0. The van der Waals surface area contributed by atoms with E-state index < -0.39 is 0 Å². The topological polar surface area (TPSA) is 69.4 Å². The average molecular weight is 275 g/mol. The first kappa shape index (κ1) is 14.1. The fraction of sp³-hybridized carbons (Fsp3) is 0.286. The number of aliphatic hydroxyl groups excluding tert-OH is 1. The van der Waals surface area contributed by atoms with Gasteiger partial charge in [0, 0.05) is 0 Å². The third-order valence-electron chi connectivity index (χ3n) is 2.80. The molecule has 1 aromatic carbocycles. The summed E-state index contributed by atoms with van der Waals surface area (Å²) in [6.07, 6.45) is 1.71. The number of hydrogen-bond acceptors (Lipinski definition) is 5. The molecule has 0 atom stereocenters.